The van der Waals surface area contributed by atoms with Crippen LogP contribution < -0.4 is 5.32 Å². The summed E-state index contributed by atoms with van der Waals surface area (Å²) in [5.41, 5.74) is 0.0513. The fraction of sp³-hybridized carbons (Fsp3) is 0. The number of carbonyl (C=O) groups excluding carboxylic acids is 1. The highest BCUT2D eigenvalue weighted by Gasteiger charge is 2.14. The molecule has 0 atom stereocenters. The van der Waals surface area contributed by atoms with E-state index in [1.54, 1.807) is 0 Å². The first kappa shape index (κ1) is 13.7. The SMILES string of the molecule is O=C(Nc1ccc(F)cc1Cl)c1cc(F)cnc1Cl. The van der Waals surface area contributed by atoms with Crippen molar-refractivity contribution < 1.29 is 13.6 Å². The average molecular weight is 303 g/mol. The first-order valence-electron chi connectivity index (χ1n) is 5.05. The van der Waals surface area contributed by atoms with Crippen LogP contribution in [0.1, 0.15) is 10.4 Å². The van der Waals surface area contributed by atoms with Gasteiger partial charge in [-0.2, -0.15) is 0 Å². The summed E-state index contributed by atoms with van der Waals surface area (Å²) in [6.45, 7) is 0. The molecule has 2 rings (SSSR count). The van der Waals surface area contributed by atoms with Crippen LogP contribution in [0.3, 0.4) is 0 Å². The van der Waals surface area contributed by atoms with Gasteiger partial charge in [-0.15, -0.1) is 0 Å². The number of hydrogen-bond donors (Lipinski definition) is 1. The number of nitrogens with one attached hydrogen (secondary N) is 1. The maximum Gasteiger partial charge on any atom is 0.258 e. The lowest BCUT2D eigenvalue weighted by atomic mass is 10.2. The third-order valence-corrected chi connectivity index (χ3v) is 2.84. The highest BCUT2D eigenvalue weighted by Crippen LogP contribution is 2.24. The number of anilines is 1. The van der Waals surface area contributed by atoms with Gasteiger partial charge in [0.25, 0.3) is 5.91 Å². The Hall–Kier alpha value is -1.72. The Morgan fingerprint density at radius 3 is 2.58 bits per heavy atom. The normalized spacial score (nSPS) is 10.3. The van der Waals surface area contributed by atoms with Crippen molar-refractivity contribution in [3.63, 3.8) is 0 Å². The zero-order valence-corrected chi connectivity index (χ0v) is 10.8. The minimum absolute atomic E-state index is 0.0221. The van der Waals surface area contributed by atoms with E-state index in [9.17, 15) is 13.6 Å². The first-order chi connectivity index (χ1) is 8.97. The number of hydrogen-bond acceptors (Lipinski definition) is 2. The molecule has 1 aromatic heterocycles. The zero-order valence-electron chi connectivity index (χ0n) is 9.25. The van der Waals surface area contributed by atoms with Gasteiger partial charge < -0.3 is 5.32 Å². The van der Waals surface area contributed by atoms with Crippen LogP contribution in [0.25, 0.3) is 0 Å². The molecule has 0 aliphatic heterocycles. The molecule has 1 aromatic carbocycles. The molecule has 1 amide bonds. The van der Waals surface area contributed by atoms with Crippen molar-refractivity contribution in [2.75, 3.05) is 5.32 Å². The molecule has 0 spiro atoms. The van der Waals surface area contributed by atoms with Gasteiger partial charge in [-0.1, -0.05) is 23.2 Å². The van der Waals surface area contributed by atoms with E-state index >= 15 is 0 Å². The van der Waals surface area contributed by atoms with Crippen LogP contribution in [-0.4, -0.2) is 10.9 Å². The maximum atomic E-state index is 13.0. The molecule has 3 nitrogen and oxygen atoms in total. The molecule has 0 saturated heterocycles. The fourth-order valence-corrected chi connectivity index (χ4v) is 1.77. The maximum absolute atomic E-state index is 13.0. The van der Waals surface area contributed by atoms with Crippen LogP contribution in [0.4, 0.5) is 14.5 Å². The number of rotatable bonds is 2. The van der Waals surface area contributed by atoms with Crippen molar-refractivity contribution >= 4 is 34.8 Å². The van der Waals surface area contributed by atoms with Gasteiger partial charge in [0.1, 0.15) is 16.8 Å². The van der Waals surface area contributed by atoms with Crippen molar-refractivity contribution in [3.05, 3.63) is 57.8 Å². The summed E-state index contributed by atoms with van der Waals surface area (Å²) in [5, 5.41) is 2.27. The fourth-order valence-electron chi connectivity index (χ4n) is 1.36. The minimum atomic E-state index is -0.695. The van der Waals surface area contributed by atoms with Crippen molar-refractivity contribution in [1.29, 1.82) is 0 Å². The number of halogens is 4. The van der Waals surface area contributed by atoms with E-state index in [2.05, 4.69) is 10.3 Å². The molecular weight excluding hydrogens is 297 g/mol. The van der Waals surface area contributed by atoms with Gasteiger partial charge in [0.2, 0.25) is 0 Å². The molecule has 0 fully saturated rings. The van der Waals surface area contributed by atoms with Crippen molar-refractivity contribution in [2.24, 2.45) is 0 Å². The molecule has 0 saturated carbocycles. The summed E-state index contributed by atoms with van der Waals surface area (Å²) in [6, 6.07) is 4.41. The number of amides is 1. The highest BCUT2D eigenvalue weighted by atomic mass is 35.5. The second-order valence-electron chi connectivity index (χ2n) is 3.57. The van der Waals surface area contributed by atoms with Gasteiger partial charge in [-0.3, -0.25) is 4.79 Å². The van der Waals surface area contributed by atoms with E-state index in [-0.39, 0.29) is 21.4 Å². The van der Waals surface area contributed by atoms with Gasteiger partial charge in [0, 0.05) is 0 Å². The van der Waals surface area contributed by atoms with E-state index < -0.39 is 17.5 Å². The standard InChI is InChI=1S/C12H6Cl2F2N2O/c13-9-4-6(15)1-2-10(9)18-12(19)8-3-7(16)5-17-11(8)14/h1-5H,(H,18,19). The predicted molar refractivity (Wildman–Crippen MR) is 68.6 cm³/mol. The second-order valence-corrected chi connectivity index (χ2v) is 4.34. The number of carbonyl (C=O) groups is 1. The lowest BCUT2D eigenvalue weighted by molar-refractivity contribution is 0.102. The quantitative estimate of drug-likeness (QED) is 0.854. The lowest BCUT2D eigenvalue weighted by Gasteiger charge is -2.08. The van der Waals surface area contributed by atoms with Gasteiger partial charge in [-0.05, 0) is 24.3 Å². The number of nitrogens with zero attached hydrogens (tertiary/aromatic N) is 1. The van der Waals surface area contributed by atoms with Crippen molar-refractivity contribution in [1.82, 2.24) is 4.98 Å². The summed E-state index contributed by atoms with van der Waals surface area (Å²) in [6.07, 6.45) is 0.893. The van der Waals surface area contributed by atoms with E-state index in [4.69, 9.17) is 23.2 Å². The predicted octanol–water partition coefficient (Wildman–Crippen LogP) is 3.92. The van der Waals surface area contributed by atoms with Crippen molar-refractivity contribution in [3.8, 4) is 0 Å². The molecule has 0 aliphatic rings. The van der Waals surface area contributed by atoms with Crippen LogP contribution in [0.2, 0.25) is 10.2 Å². The molecule has 0 bridgehead atoms. The Bertz CT molecular complexity index is 650. The van der Waals surface area contributed by atoms with Gasteiger partial charge in [0.15, 0.2) is 0 Å². The number of benzene rings is 1. The van der Waals surface area contributed by atoms with Crippen LogP contribution in [0.5, 0.6) is 0 Å². The Morgan fingerprint density at radius 2 is 1.89 bits per heavy atom. The van der Waals surface area contributed by atoms with Crippen LogP contribution in [0, 0.1) is 11.6 Å². The van der Waals surface area contributed by atoms with Gasteiger partial charge in [-0.25, -0.2) is 13.8 Å². The van der Waals surface area contributed by atoms with E-state index in [0.717, 1.165) is 24.4 Å². The zero-order chi connectivity index (χ0) is 14.0. The molecule has 1 heterocycles. The Kier molecular flexibility index (Phi) is 3.97. The Balaban J connectivity index is 2.28. The van der Waals surface area contributed by atoms with Crippen LogP contribution in [-0.2, 0) is 0 Å². The number of pyridine rings is 1. The summed E-state index contributed by atoms with van der Waals surface area (Å²) in [5.74, 6) is -1.92. The molecule has 0 radical (unpaired) electrons. The smallest absolute Gasteiger partial charge is 0.258 e. The molecule has 2 aromatic rings. The first-order valence-corrected chi connectivity index (χ1v) is 5.80. The topological polar surface area (TPSA) is 42.0 Å². The average Bonchev–Trinajstić information content (AvgIpc) is 2.35. The van der Waals surface area contributed by atoms with Crippen LogP contribution in [0.15, 0.2) is 30.5 Å². The molecule has 19 heavy (non-hydrogen) atoms. The third-order valence-electron chi connectivity index (χ3n) is 2.23. The monoisotopic (exact) mass is 302 g/mol. The minimum Gasteiger partial charge on any atom is -0.321 e. The molecule has 98 valence electrons. The van der Waals surface area contributed by atoms with Crippen LogP contribution >= 0.6 is 23.2 Å². The van der Waals surface area contributed by atoms with E-state index in [0.29, 0.717) is 0 Å². The molecule has 0 unspecified atom stereocenters. The highest BCUT2D eigenvalue weighted by molar-refractivity contribution is 6.35. The largest absolute Gasteiger partial charge is 0.321 e. The summed E-state index contributed by atoms with van der Waals surface area (Å²) < 4.78 is 25.8. The molecule has 0 aliphatic carbocycles. The molecule has 1 N–H and O–H groups in total. The Morgan fingerprint density at radius 1 is 1.16 bits per heavy atom. The summed E-state index contributed by atoms with van der Waals surface area (Å²) in [7, 11) is 0. The summed E-state index contributed by atoms with van der Waals surface area (Å²) >= 11 is 11.4. The second kappa shape index (κ2) is 5.50. The molecule has 7 heteroatoms. The van der Waals surface area contributed by atoms with Gasteiger partial charge >= 0.3 is 0 Å². The van der Waals surface area contributed by atoms with E-state index in [1.807, 2.05) is 0 Å². The Labute approximate surface area is 117 Å². The van der Waals surface area contributed by atoms with Gasteiger partial charge in [0.05, 0.1) is 22.5 Å². The third kappa shape index (κ3) is 3.19. The molecular formula is C12H6Cl2F2N2O. The van der Waals surface area contributed by atoms with Crippen molar-refractivity contribution in [2.45, 2.75) is 0 Å². The van der Waals surface area contributed by atoms with E-state index in [1.165, 1.54) is 6.07 Å². The number of aromatic nitrogens is 1. The lowest BCUT2D eigenvalue weighted by Crippen LogP contribution is -2.13. The summed E-state index contributed by atoms with van der Waals surface area (Å²) in [4.78, 5) is 15.4.